The molecule has 0 amide bonds. The van der Waals surface area contributed by atoms with Crippen molar-refractivity contribution in [1.82, 2.24) is 4.57 Å². The van der Waals surface area contributed by atoms with Gasteiger partial charge >= 0.3 is 5.97 Å². The van der Waals surface area contributed by atoms with Crippen molar-refractivity contribution in [3.8, 4) is 11.3 Å². The lowest BCUT2D eigenvalue weighted by Gasteiger charge is -2.20. The minimum absolute atomic E-state index is 0.219. The van der Waals surface area contributed by atoms with Gasteiger partial charge in [-0.3, -0.25) is 4.79 Å². The van der Waals surface area contributed by atoms with Gasteiger partial charge in [0.05, 0.1) is 15.7 Å². The van der Waals surface area contributed by atoms with Crippen LogP contribution >= 0.6 is 34.8 Å². The summed E-state index contributed by atoms with van der Waals surface area (Å²) in [5.74, 6) is -1.81. The van der Waals surface area contributed by atoms with E-state index in [1.807, 2.05) is 6.92 Å². The average Bonchev–Trinajstić information content (AvgIpc) is 2.65. The Kier molecular flexibility index (Phi) is 6.32. The lowest BCUT2D eigenvalue weighted by Crippen LogP contribution is -2.23. The third kappa shape index (κ3) is 4.32. The molecule has 0 aliphatic carbocycles. The normalized spacial score (nSPS) is 10.9. The van der Waals surface area contributed by atoms with Crippen LogP contribution in [0.4, 0.5) is 4.39 Å². The molecule has 0 bridgehead atoms. The van der Waals surface area contributed by atoms with E-state index in [9.17, 15) is 19.1 Å². The molecule has 4 nitrogen and oxygen atoms in total. The van der Waals surface area contributed by atoms with Gasteiger partial charge in [0, 0.05) is 35.3 Å². The first-order valence-corrected chi connectivity index (χ1v) is 9.75. The molecule has 29 heavy (non-hydrogen) atoms. The summed E-state index contributed by atoms with van der Waals surface area (Å²) < 4.78 is 15.1. The summed E-state index contributed by atoms with van der Waals surface area (Å²) in [4.78, 5) is 24.5. The van der Waals surface area contributed by atoms with E-state index in [-0.39, 0.29) is 27.7 Å². The molecular formula is C21H15Cl3FNO3. The fourth-order valence-corrected chi connectivity index (χ4v) is 3.75. The summed E-state index contributed by atoms with van der Waals surface area (Å²) in [6.07, 6.45) is 0.219. The Morgan fingerprint density at radius 2 is 1.76 bits per heavy atom. The quantitative estimate of drug-likeness (QED) is 0.520. The van der Waals surface area contributed by atoms with Crippen molar-refractivity contribution in [2.24, 2.45) is 0 Å². The number of aromatic carboxylic acids is 1. The zero-order valence-electron chi connectivity index (χ0n) is 15.2. The summed E-state index contributed by atoms with van der Waals surface area (Å²) in [6.45, 7) is 2.21. The highest BCUT2D eigenvalue weighted by Gasteiger charge is 2.22. The molecule has 1 N–H and O–H groups in total. The van der Waals surface area contributed by atoms with Crippen LogP contribution in [-0.2, 0) is 13.0 Å². The fourth-order valence-electron chi connectivity index (χ4n) is 3.21. The Morgan fingerprint density at radius 3 is 2.34 bits per heavy atom. The van der Waals surface area contributed by atoms with Gasteiger partial charge in [0.25, 0.3) is 0 Å². The number of carboxylic acid groups (broad SMARTS) is 1. The number of halogens is 4. The van der Waals surface area contributed by atoms with E-state index >= 15 is 0 Å². The largest absolute Gasteiger partial charge is 0.477 e. The van der Waals surface area contributed by atoms with E-state index in [0.29, 0.717) is 28.4 Å². The summed E-state index contributed by atoms with van der Waals surface area (Å²) >= 11 is 18.2. The monoisotopic (exact) mass is 453 g/mol. The number of nitrogens with zero attached hydrogens (tertiary/aromatic N) is 1. The number of hydrogen-bond donors (Lipinski definition) is 1. The van der Waals surface area contributed by atoms with E-state index in [1.165, 1.54) is 30.3 Å². The predicted octanol–water partition coefficient (Wildman–Crippen LogP) is 5.92. The second-order valence-corrected chi connectivity index (χ2v) is 7.54. The van der Waals surface area contributed by atoms with Crippen LogP contribution in [0.5, 0.6) is 0 Å². The first kappa shape index (κ1) is 21.4. The smallest absolute Gasteiger partial charge is 0.341 e. The molecule has 1 aromatic heterocycles. The van der Waals surface area contributed by atoms with E-state index in [4.69, 9.17) is 34.8 Å². The number of aromatic nitrogens is 1. The summed E-state index contributed by atoms with van der Waals surface area (Å²) in [5.41, 5.74) is 0.813. The van der Waals surface area contributed by atoms with Gasteiger partial charge in [0.15, 0.2) is 5.43 Å². The molecule has 150 valence electrons. The zero-order valence-corrected chi connectivity index (χ0v) is 17.4. The Labute approximate surface area is 181 Å². The molecule has 0 radical (unpaired) electrons. The topological polar surface area (TPSA) is 59.3 Å². The maximum absolute atomic E-state index is 13.4. The van der Waals surface area contributed by atoms with Crippen LogP contribution in [0.2, 0.25) is 15.1 Å². The molecular weight excluding hydrogens is 440 g/mol. The SMILES string of the molecule is CCn1c(Cc2ccc(F)cc2Cl)cc(=O)c(C(=O)O)c1-c1ccc(Cl)c(Cl)c1. The first-order valence-electron chi connectivity index (χ1n) is 8.62. The standard InChI is InChI=1S/C21H15Cl3FNO3/c1-2-26-14(7-11-3-5-13(25)9-16(11)23)10-18(27)19(21(28)29)20(26)12-4-6-15(22)17(24)8-12/h3-6,8-10H,2,7H2,1H3,(H,28,29). The van der Waals surface area contributed by atoms with Crippen LogP contribution in [0.3, 0.4) is 0 Å². The minimum Gasteiger partial charge on any atom is -0.477 e. The maximum atomic E-state index is 13.4. The lowest BCUT2D eigenvalue weighted by atomic mass is 10.0. The van der Waals surface area contributed by atoms with Crippen LogP contribution in [-0.4, -0.2) is 15.6 Å². The fraction of sp³-hybridized carbons (Fsp3) is 0.143. The van der Waals surface area contributed by atoms with Crippen molar-refractivity contribution >= 4 is 40.8 Å². The van der Waals surface area contributed by atoms with Gasteiger partial charge in [-0.1, -0.05) is 46.9 Å². The second kappa shape index (κ2) is 8.57. The van der Waals surface area contributed by atoms with E-state index in [1.54, 1.807) is 16.7 Å². The maximum Gasteiger partial charge on any atom is 0.341 e. The molecule has 8 heteroatoms. The average molecular weight is 455 g/mol. The van der Waals surface area contributed by atoms with Gasteiger partial charge in [0.1, 0.15) is 11.4 Å². The van der Waals surface area contributed by atoms with E-state index in [0.717, 1.165) is 0 Å². The van der Waals surface area contributed by atoms with Crippen molar-refractivity contribution in [3.05, 3.63) is 90.4 Å². The molecule has 1 heterocycles. The van der Waals surface area contributed by atoms with Crippen molar-refractivity contribution < 1.29 is 14.3 Å². The van der Waals surface area contributed by atoms with Gasteiger partial charge in [-0.05, 0) is 36.8 Å². The van der Waals surface area contributed by atoms with E-state index in [2.05, 4.69) is 0 Å². The van der Waals surface area contributed by atoms with Gasteiger partial charge < -0.3 is 9.67 Å². The Morgan fingerprint density at radius 1 is 1.03 bits per heavy atom. The molecule has 0 unspecified atom stereocenters. The summed E-state index contributed by atoms with van der Waals surface area (Å²) in [5, 5.41) is 10.4. The molecule has 0 atom stereocenters. The molecule has 0 saturated heterocycles. The van der Waals surface area contributed by atoms with Crippen molar-refractivity contribution in [1.29, 1.82) is 0 Å². The number of hydrogen-bond acceptors (Lipinski definition) is 2. The van der Waals surface area contributed by atoms with Crippen molar-refractivity contribution in [3.63, 3.8) is 0 Å². The highest BCUT2D eigenvalue weighted by Crippen LogP contribution is 2.31. The van der Waals surface area contributed by atoms with Gasteiger partial charge in [-0.15, -0.1) is 0 Å². The molecule has 0 aliphatic heterocycles. The first-order chi connectivity index (χ1) is 13.7. The van der Waals surface area contributed by atoms with Crippen LogP contribution < -0.4 is 5.43 Å². The van der Waals surface area contributed by atoms with Crippen LogP contribution in [0.25, 0.3) is 11.3 Å². The molecule has 0 spiro atoms. The van der Waals surface area contributed by atoms with Crippen LogP contribution in [0, 0.1) is 5.82 Å². The summed E-state index contributed by atoms with van der Waals surface area (Å²) in [6, 6.07) is 9.94. The minimum atomic E-state index is -1.34. The second-order valence-electron chi connectivity index (χ2n) is 6.31. The highest BCUT2D eigenvalue weighted by molar-refractivity contribution is 6.42. The Bertz CT molecular complexity index is 1170. The number of pyridine rings is 1. The van der Waals surface area contributed by atoms with Gasteiger partial charge in [-0.2, -0.15) is 0 Å². The molecule has 3 rings (SSSR count). The van der Waals surface area contributed by atoms with E-state index < -0.39 is 17.2 Å². The van der Waals surface area contributed by atoms with Crippen LogP contribution in [0.1, 0.15) is 28.5 Å². The Balaban J connectivity index is 2.28. The number of carbonyl (C=O) groups is 1. The Hall–Kier alpha value is -2.34. The van der Waals surface area contributed by atoms with Crippen molar-refractivity contribution in [2.45, 2.75) is 19.9 Å². The number of benzene rings is 2. The third-order valence-electron chi connectivity index (χ3n) is 4.51. The molecule has 0 fully saturated rings. The molecule has 3 aromatic rings. The summed E-state index contributed by atoms with van der Waals surface area (Å²) in [7, 11) is 0. The number of rotatable bonds is 5. The molecule has 0 aliphatic rings. The van der Waals surface area contributed by atoms with Gasteiger partial charge in [-0.25, -0.2) is 9.18 Å². The predicted molar refractivity (Wildman–Crippen MR) is 113 cm³/mol. The highest BCUT2D eigenvalue weighted by atomic mass is 35.5. The number of carboxylic acids is 1. The third-order valence-corrected chi connectivity index (χ3v) is 5.60. The van der Waals surface area contributed by atoms with Crippen molar-refractivity contribution in [2.75, 3.05) is 0 Å². The lowest BCUT2D eigenvalue weighted by molar-refractivity contribution is 0.0695. The zero-order chi connectivity index (χ0) is 21.3. The van der Waals surface area contributed by atoms with Gasteiger partial charge in [0.2, 0.25) is 0 Å². The molecule has 0 saturated carbocycles. The molecule has 2 aromatic carbocycles. The van der Waals surface area contributed by atoms with Crippen LogP contribution in [0.15, 0.2) is 47.3 Å².